The van der Waals surface area contributed by atoms with Crippen molar-refractivity contribution in [3.05, 3.63) is 23.5 Å². The Morgan fingerprint density at radius 2 is 2.20 bits per heavy atom. The van der Waals surface area contributed by atoms with E-state index in [1.165, 1.54) is 6.07 Å². The summed E-state index contributed by atoms with van der Waals surface area (Å²) in [4.78, 5) is 13.4. The quantitative estimate of drug-likeness (QED) is 0.638. The molecule has 2 N–H and O–H groups in total. The number of benzene rings is 1. The molecule has 0 unspecified atom stereocenters. The molecule has 0 amide bonds. The lowest BCUT2D eigenvalue weighted by Gasteiger charge is -2.23. The average Bonchev–Trinajstić information content (AvgIpc) is 2.41. The Morgan fingerprint density at radius 3 is 2.75 bits per heavy atom. The number of nitrogens with zero attached hydrogens (tertiary/aromatic N) is 2. The second-order valence-electron chi connectivity index (χ2n) is 4.10. The first kappa shape index (κ1) is 15.8. The average molecular weight is 279 g/mol. The largest absolute Gasteiger partial charge is 0.462 e. The molecular weight excluding hydrogens is 261 g/mol. The molecule has 1 rings (SSSR count). The highest BCUT2D eigenvalue weighted by Gasteiger charge is 2.18. The number of nitriles is 1. The molecule has 0 aliphatic rings. The van der Waals surface area contributed by atoms with E-state index >= 15 is 0 Å². The number of nitrogen functional groups attached to an aromatic ring is 1. The van der Waals surface area contributed by atoms with Crippen molar-refractivity contribution in [3.63, 3.8) is 0 Å². The van der Waals surface area contributed by atoms with Gasteiger partial charge >= 0.3 is 5.97 Å². The van der Waals surface area contributed by atoms with E-state index in [0.29, 0.717) is 13.1 Å². The number of carbonyl (C=O) groups excluding carboxylic acids is 1. The minimum Gasteiger partial charge on any atom is -0.462 e. The SMILES string of the molecule is CCOC(=O)c1cc(N(CC)CCC#N)c(F)cc1N. The highest BCUT2D eigenvalue weighted by Crippen LogP contribution is 2.26. The zero-order chi connectivity index (χ0) is 15.1. The van der Waals surface area contributed by atoms with E-state index in [-0.39, 0.29) is 30.0 Å². The third-order valence-electron chi connectivity index (χ3n) is 2.83. The van der Waals surface area contributed by atoms with E-state index in [2.05, 4.69) is 0 Å². The number of rotatable bonds is 6. The smallest absolute Gasteiger partial charge is 0.340 e. The van der Waals surface area contributed by atoms with Crippen LogP contribution in [0.3, 0.4) is 0 Å². The number of hydrogen-bond donors (Lipinski definition) is 1. The van der Waals surface area contributed by atoms with Gasteiger partial charge < -0.3 is 15.4 Å². The molecular formula is C14H18FN3O2. The van der Waals surface area contributed by atoms with Gasteiger partial charge in [-0.2, -0.15) is 5.26 Å². The molecule has 1 aromatic carbocycles. The Kier molecular flexibility index (Phi) is 5.78. The van der Waals surface area contributed by atoms with Gasteiger partial charge in [-0.3, -0.25) is 0 Å². The van der Waals surface area contributed by atoms with Gasteiger partial charge in [0.05, 0.1) is 30.3 Å². The van der Waals surface area contributed by atoms with Crippen LogP contribution in [0.1, 0.15) is 30.6 Å². The van der Waals surface area contributed by atoms with Crippen LogP contribution in [0.4, 0.5) is 15.8 Å². The van der Waals surface area contributed by atoms with Crippen molar-refractivity contribution < 1.29 is 13.9 Å². The first-order valence-corrected chi connectivity index (χ1v) is 6.43. The van der Waals surface area contributed by atoms with E-state index in [1.54, 1.807) is 11.8 Å². The first-order chi connectivity index (χ1) is 9.54. The molecule has 0 radical (unpaired) electrons. The van der Waals surface area contributed by atoms with Crippen molar-refractivity contribution in [1.29, 1.82) is 5.26 Å². The minimum atomic E-state index is -0.581. The summed E-state index contributed by atoms with van der Waals surface area (Å²) in [5, 5.41) is 8.62. The third kappa shape index (κ3) is 3.60. The summed E-state index contributed by atoms with van der Waals surface area (Å²) in [6.45, 7) is 4.65. The molecule has 0 saturated heterocycles. The van der Waals surface area contributed by atoms with Gasteiger partial charge in [-0.25, -0.2) is 9.18 Å². The van der Waals surface area contributed by atoms with Crippen LogP contribution in [0.5, 0.6) is 0 Å². The monoisotopic (exact) mass is 279 g/mol. The molecule has 0 aliphatic carbocycles. The van der Waals surface area contributed by atoms with Crippen LogP contribution in [0.15, 0.2) is 12.1 Å². The molecule has 108 valence electrons. The lowest BCUT2D eigenvalue weighted by molar-refractivity contribution is 0.0527. The summed E-state index contributed by atoms with van der Waals surface area (Å²) in [6.07, 6.45) is 0.270. The fourth-order valence-corrected chi connectivity index (χ4v) is 1.84. The zero-order valence-corrected chi connectivity index (χ0v) is 11.6. The Balaban J connectivity index is 3.16. The molecule has 0 saturated carbocycles. The van der Waals surface area contributed by atoms with Crippen molar-refractivity contribution in [2.24, 2.45) is 0 Å². The molecule has 0 spiro atoms. The van der Waals surface area contributed by atoms with Crippen molar-refractivity contribution in [3.8, 4) is 6.07 Å². The maximum absolute atomic E-state index is 14.0. The second-order valence-corrected chi connectivity index (χ2v) is 4.10. The Morgan fingerprint density at radius 1 is 1.50 bits per heavy atom. The van der Waals surface area contributed by atoms with E-state index in [1.807, 2.05) is 13.0 Å². The summed E-state index contributed by atoms with van der Waals surface area (Å²) in [5.41, 5.74) is 6.08. The van der Waals surface area contributed by atoms with Crippen molar-refractivity contribution >= 4 is 17.3 Å². The summed E-state index contributed by atoms with van der Waals surface area (Å²) in [6, 6.07) is 4.50. The van der Waals surface area contributed by atoms with Gasteiger partial charge in [-0.15, -0.1) is 0 Å². The van der Waals surface area contributed by atoms with Gasteiger partial charge in [0.2, 0.25) is 0 Å². The second kappa shape index (κ2) is 7.34. The zero-order valence-electron chi connectivity index (χ0n) is 11.6. The van der Waals surface area contributed by atoms with Crippen LogP contribution in [0, 0.1) is 17.1 Å². The van der Waals surface area contributed by atoms with Gasteiger partial charge in [0.15, 0.2) is 0 Å². The van der Waals surface area contributed by atoms with Crippen LogP contribution in [-0.2, 0) is 4.74 Å². The Bertz CT molecular complexity index is 526. The number of anilines is 2. The lowest BCUT2D eigenvalue weighted by Crippen LogP contribution is -2.25. The molecule has 6 heteroatoms. The van der Waals surface area contributed by atoms with Crippen molar-refractivity contribution in [2.75, 3.05) is 30.3 Å². The van der Waals surface area contributed by atoms with Crippen LogP contribution < -0.4 is 10.6 Å². The summed E-state index contributed by atoms with van der Waals surface area (Å²) in [7, 11) is 0. The predicted octanol–water partition coefficient (Wildman–Crippen LogP) is 2.32. The fourth-order valence-electron chi connectivity index (χ4n) is 1.84. The van der Waals surface area contributed by atoms with Gasteiger partial charge in [-0.05, 0) is 26.0 Å². The molecule has 1 aromatic rings. The highest BCUT2D eigenvalue weighted by molar-refractivity contribution is 5.96. The molecule has 20 heavy (non-hydrogen) atoms. The van der Waals surface area contributed by atoms with Crippen LogP contribution in [0.25, 0.3) is 0 Å². The maximum Gasteiger partial charge on any atom is 0.340 e. The molecule has 0 bridgehead atoms. The molecule has 0 aromatic heterocycles. The lowest BCUT2D eigenvalue weighted by atomic mass is 10.1. The fraction of sp³-hybridized carbons (Fsp3) is 0.429. The minimum absolute atomic E-state index is 0.0426. The Hall–Kier alpha value is -2.29. The number of carbonyl (C=O) groups is 1. The molecule has 0 aliphatic heterocycles. The highest BCUT2D eigenvalue weighted by atomic mass is 19.1. The van der Waals surface area contributed by atoms with E-state index in [4.69, 9.17) is 15.7 Å². The van der Waals surface area contributed by atoms with Gasteiger partial charge in [0.25, 0.3) is 0 Å². The number of nitrogens with two attached hydrogens (primary N) is 1. The van der Waals surface area contributed by atoms with E-state index in [9.17, 15) is 9.18 Å². The standard InChI is InChI=1S/C14H18FN3O2/c1-3-18(7-5-6-16)13-8-10(14(19)20-4-2)12(17)9-11(13)15/h8-9H,3-5,7,17H2,1-2H3. The molecule has 0 atom stereocenters. The van der Waals surface area contributed by atoms with Crippen LogP contribution in [0.2, 0.25) is 0 Å². The van der Waals surface area contributed by atoms with E-state index in [0.717, 1.165) is 6.07 Å². The van der Waals surface area contributed by atoms with Crippen LogP contribution >= 0.6 is 0 Å². The topological polar surface area (TPSA) is 79.3 Å². The predicted molar refractivity (Wildman–Crippen MR) is 74.9 cm³/mol. The van der Waals surface area contributed by atoms with Gasteiger partial charge in [-0.1, -0.05) is 0 Å². The molecule has 0 fully saturated rings. The Labute approximate surface area is 117 Å². The van der Waals surface area contributed by atoms with Crippen molar-refractivity contribution in [2.45, 2.75) is 20.3 Å². The van der Waals surface area contributed by atoms with Crippen LogP contribution in [-0.4, -0.2) is 25.7 Å². The first-order valence-electron chi connectivity index (χ1n) is 6.43. The number of esters is 1. The molecule has 5 nitrogen and oxygen atoms in total. The van der Waals surface area contributed by atoms with E-state index < -0.39 is 11.8 Å². The molecule has 0 heterocycles. The summed E-state index contributed by atoms with van der Waals surface area (Å²) in [5.74, 6) is -1.10. The normalized spacial score (nSPS) is 9.90. The van der Waals surface area contributed by atoms with Gasteiger partial charge in [0.1, 0.15) is 5.82 Å². The number of halogens is 1. The summed E-state index contributed by atoms with van der Waals surface area (Å²) >= 11 is 0. The number of ether oxygens (including phenoxy) is 1. The number of hydrogen-bond acceptors (Lipinski definition) is 5. The van der Waals surface area contributed by atoms with Gasteiger partial charge in [0, 0.05) is 18.8 Å². The third-order valence-corrected chi connectivity index (χ3v) is 2.83. The summed E-state index contributed by atoms with van der Waals surface area (Å²) < 4.78 is 18.9. The van der Waals surface area contributed by atoms with Crippen molar-refractivity contribution in [1.82, 2.24) is 0 Å². The maximum atomic E-state index is 14.0.